The number of oxazole rings is 1. The molecule has 0 saturated carbocycles. The summed E-state index contributed by atoms with van der Waals surface area (Å²) in [5.41, 5.74) is 1.16. The van der Waals surface area contributed by atoms with E-state index in [1.54, 1.807) is 19.2 Å². The van der Waals surface area contributed by atoms with Crippen LogP contribution in [0.2, 0.25) is 0 Å². The molecule has 4 aromatic rings. The van der Waals surface area contributed by atoms with E-state index in [1.165, 1.54) is 13.8 Å². The van der Waals surface area contributed by atoms with E-state index < -0.39 is 11.6 Å². The second kappa shape index (κ2) is 10.4. The van der Waals surface area contributed by atoms with E-state index in [-0.39, 0.29) is 0 Å². The Kier molecular flexibility index (Phi) is 7.10. The summed E-state index contributed by atoms with van der Waals surface area (Å²) in [6, 6.07) is 22.9. The number of benzene rings is 3. The van der Waals surface area contributed by atoms with Crippen molar-refractivity contribution in [2.75, 3.05) is 25.2 Å². The standard InChI is InChI=1S/C27H28N2O6/c1-27(2,25(30)31)35-22-10-8-19(9-11-22)18-29(26-28-23-6-4-5-7-24(23)34-26)16-17-33-21-14-12-20(32-3)13-15-21/h4-15H,16-18H2,1-3H3,(H,30,31). The van der Waals surface area contributed by atoms with Crippen LogP contribution in [-0.4, -0.2) is 41.9 Å². The van der Waals surface area contributed by atoms with Crippen LogP contribution in [0.4, 0.5) is 6.01 Å². The summed E-state index contributed by atoms with van der Waals surface area (Å²) in [5, 5.41) is 9.29. The lowest BCUT2D eigenvalue weighted by Crippen LogP contribution is -2.37. The van der Waals surface area contributed by atoms with Gasteiger partial charge >= 0.3 is 5.97 Å². The predicted octanol–water partition coefficient (Wildman–Crippen LogP) is 5.16. The summed E-state index contributed by atoms with van der Waals surface area (Å²) in [4.78, 5) is 18.0. The molecule has 1 heterocycles. The van der Waals surface area contributed by atoms with Gasteiger partial charge in [-0.05, 0) is 67.9 Å². The van der Waals surface area contributed by atoms with Crippen molar-refractivity contribution >= 4 is 23.1 Å². The lowest BCUT2D eigenvalue weighted by atomic mass is 10.1. The second-order valence-electron chi connectivity index (χ2n) is 8.47. The number of anilines is 1. The van der Waals surface area contributed by atoms with Crippen molar-refractivity contribution in [3.8, 4) is 17.2 Å². The molecule has 0 spiro atoms. The fraction of sp³-hybridized carbons (Fsp3) is 0.259. The highest BCUT2D eigenvalue weighted by atomic mass is 16.5. The van der Waals surface area contributed by atoms with E-state index in [1.807, 2.05) is 65.6 Å². The van der Waals surface area contributed by atoms with Gasteiger partial charge in [-0.2, -0.15) is 4.98 Å². The van der Waals surface area contributed by atoms with Crippen molar-refractivity contribution in [2.45, 2.75) is 26.0 Å². The molecule has 182 valence electrons. The topological polar surface area (TPSA) is 94.3 Å². The smallest absolute Gasteiger partial charge is 0.347 e. The number of carbonyl (C=O) groups is 1. The highest BCUT2D eigenvalue weighted by Crippen LogP contribution is 2.25. The number of hydrogen-bond acceptors (Lipinski definition) is 7. The highest BCUT2D eigenvalue weighted by molar-refractivity contribution is 5.76. The first-order valence-corrected chi connectivity index (χ1v) is 11.2. The maximum Gasteiger partial charge on any atom is 0.347 e. The monoisotopic (exact) mass is 476 g/mol. The lowest BCUT2D eigenvalue weighted by Gasteiger charge is -2.23. The van der Waals surface area contributed by atoms with E-state index >= 15 is 0 Å². The van der Waals surface area contributed by atoms with Crippen LogP contribution in [-0.2, 0) is 11.3 Å². The molecule has 0 fully saturated rings. The summed E-state index contributed by atoms with van der Waals surface area (Å²) in [6.45, 7) is 4.49. The van der Waals surface area contributed by atoms with Crippen LogP contribution in [0.1, 0.15) is 19.4 Å². The number of ether oxygens (including phenoxy) is 3. The number of carboxylic acid groups (broad SMARTS) is 1. The number of aromatic nitrogens is 1. The molecule has 0 amide bonds. The minimum absolute atomic E-state index is 0.416. The number of nitrogens with zero attached hydrogens (tertiary/aromatic N) is 2. The number of hydrogen-bond donors (Lipinski definition) is 1. The average Bonchev–Trinajstić information content (AvgIpc) is 3.29. The number of aliphatic carboxylic acids is 1. The Bertz CT molecular complexity index is 1230. The van der Waals surface area contributed by atoms with Crippen LogP contribution in [0.5, 0.6) is 17.2 Å². The molecule has 0 aliphatic heterocycles. The third kappa shape index (κ3) is 6.03. The Morgan fingerprint density at radius 2 is 1.63 bits per heavy atom. The molecule has 0 unspecified atom stereocenters. The van der Waals surface area contributed by atoms with Gasteiger partial charge in [0.2, 0.25) is 0 Å². The Morgan fingerprint density at radius 1 is 0.971 bits per heavy atom. The predicted molar refractivity (Wildman–Crippen MR) is 132 cm³/mol. The van der Waals surface area contributed by atoms with E-state index in [9.17, 15) is 9.90 Å². The lowest BCUT2D eigenvalue weighted by molar-refractivity contribution is -0.152. The Hall–Kier alpha value is -4.20. The van der Waals surface area contributed by atoms with Crippen LogP contribution in [0.25, 0.3) is 11.1 Å². The molecule has 8 heteroatoms. The Morgan fingerprint density at radius 3 is 2.29 bits per heavy atom. The molecule has 0 aliphatic carbocycles. The first-order chi connectivity index (χ1) is 16.8. The number of carboxylic acids is 1. The summed E-state index contributed by atoms with van der Waals surface area (Å²) < 4.78 is 22.7. The number of methoxy groups -OCH3 is 1. The fourth-order valence-electron chi connectivity index (χ4n) is 3.40. The van der Waals surface area contributed by atoms with Gasteiger partial charge in [0.05, 0.1) is 13.7 Å². The van der Waals surface area contributed by atoms with Crippen molar-refractivity contribution in [1.29, 1.82) is 0 Å². The van der Waals surface area contributed by atoms with Crippen LogP contribution < -0.4 is 19.1 Å². The Balaban J connectivity index is 1.48. The minimum atomic E-state index is -1.31. The molecule has 3 aromatic carbocycles. The van der Waals surface area contributed by atoms with Gasteiger partial charge in [0.15, 0.2) is 11.2 Å². The summed E-state index contributed by atoms with van der Waals surface area (Å²) in [6.07, 6.45) is 0. The highest BCUT2D eigenvalue weighted by Gasteiger charge is 2.29. The van der Waals surface area contributed by atoms with Gasteiger partial charge in [-0.15, -0.1) is 0 Å². The molecule has 35 heavy (non-hydrogen) atoms. The molecular formula is C27H28N2O6. The zero-order valence-corrected chi connectivity index (χ0v) is 19.9. The van der Waals surface area contributed by atoms with Crippen molar-refractivity contribution in [3.05, 3.63) is 78.4 Å². The van der Waals surface area contributed by atoms with Crippen molar-refractivity contribution in [2.24, 2.45) is 0 Å². The molecule has 8 nitrogen and oxygen atoms in total. The van der Waals surface area contributed by atoms with Crippen molar-refractivity contribution in [3.63, 3.8) is 0 Å². The first-order valence-electron chi connectivity index (χ1n) is 11.2. The molecular weight excluding hydrogens is 448 g/mol. The van der Waals surface area contributed by atoms with E-state index in [0.717, 1.165) is 22.6 Å². The van der Waals surface area contributed by atoms with Crippen LogP contribution in [0.3, 0.4) is 0 Å². The fourth-order valence-corrected chi connectivity index (χ4v) is 3.40. The van der Waals surface area contributed by atoms with Gasteiger partial charge in [0.25, 0.3) is 6.01 Å². The Labute approximate surface area is 203 Å². The molecule has 0 radical (unpaired) electrons. The molecule has 1 N–H and O–H groups in total. The van der Waals surface area contributed by atoms with Gasteiger partial charge in [0.1, 0.15) is 29.4 Å². The second-order valence-corrected chi connectivity index (χ2v) is 8.47. The summed E-state index contributed by atoms with van der Waals surface area (Å²) >= 11 is 0. The maximum atomic E-state index is 11.3. The van der Waals surface area contributed by atoms with Gasteiger partial charge in [-0.3, -0.25) is 0 Å². The molecule has 0 bridgehead atoms. The van der Waals surface area contributed by atoms with Crippen molar-refractivity contribution in [1.82, 2.24) is 4.98 Å². The third-order valence-electron chi connectivity index (χ3n) is 5.43. The number of fused-ring (bicyclic) bond motifs is 1. The third-order valence-corrected chi connectivity index (χ3v) is 5.43. The normalized spacial score (nSPS) is 11.3. The summed E-state index contributed by atoms with van der Waals surface area (Å²) in [5.74, 6) is 0.966. The zero-order valence-electron chi connectivity index (χ0n) is 19.9. The molecule has 0 aliphatic rings. The van der Waals surface area contributed by atoms with Gasteiger partial charge in [-0.25, -0.2) is 4.79 Å². The van der Waals surface area contributed by atoms with Crippen LogP contribution in [0, 0.1) is 0 Å². The van der Waals surface area contributed by atoms with E-state index in [4.69, 9.17) is 18.6 Å². The number of para-hydroxylation sites is 2. The first kappa shape index (κ1) is 23.9. The van der Waals surface area contributed by atoms with Gasteiger partial charge < -0.3 is 28.6 Å². The minimum Gasteiger partial charge on any atom is -0.497 e. The van der Waals surface area contributed by atoms with Gasteiger partial charge in [-0.1, -0.05) is 24.3 Å². The van der Waals surface area contributed by atoms with Gasteiger partial charge in [0, 0.05) is 6.54 Å². The van der Waals surface area contributed by atoms with Crippen molar-refractivity contribution < 1.29 is 28.5 Å². The molecule has 1 aromatic heterocycles. The molecule has 4 rings (SSSR count). The maximum absolute atomic E-state index is 11.3. The molecule has 0 atom stereocenters. The molecule has 0 saturated heterocycles. The van der Waals surface area contributed by atoms with Crippen LogP contribution >= 0.6 is 0 Å². The largest absolute Gasteiger partial charge is 0.497 e. The number of rotatable bonds is 11. The zero-order chi connectivity index (χ0) is 24.8. The quantitative estimate of drug-likeness (QED) is 0.317. The van der Waals surface area contributed by atoms with Crippen LogP contribution in [0.15, 0.2) is 77.2 Å². The van der Waals surface area contributed by atoms with E-state index in [0.29, 0.717) is 37.0 Å². The van der Waals surface area contributed by atoms with E-state index in [2.05, 4.69) is 4.98 Å². The summed E-state index contributed by atoms with van der Waals surface area (Å²) in [7, 11) is 1.62. The average molecular weight is 477 g/mol. The SMILES string of the molecule is COc1ccc(OCCN(Cc2ccc(OC(C)(C)C(=O)O)cc2)c2nc3ccccc3o2)cc1.